The Morgan fingerprint density at radius 2 is 2.03 bits per heavy atom. The molecule has 0 spiro atoms. The van der Waals surface area contributed by atoms with E-state index in [9.17, 15) is 10.2 Å². The maximum Gasteiger partial charge on any atom is 0.184 e. The second-order valence-electron chi connectivity index (χ2n) is 8.86. The highest BCUT2D eigenvalue weighted by Gasteiger charge is 2.30. The summed E-state index contributed by atoms with van der Waals surface area (Å²) >= 11 is 1.57. The first kappa shape index (κ1) is 20.9. The van der Waals surface area contributed by atoms with Crippen molar-refractivity contribution < 1.29 is 19.7 Å². The van der Waals surface area contributed by atoms with Gasteiger partial charge in [0, 0.05) is 12.6 Å². The van der Waals surface area contributed by atoms with Crippen LogP contribution in [0.15, 0.2) is 42.7 Å². The summed E-state index contributed by atoms with van der Waals surface area (Å²) < 4.78 is 14.3. The zero-order valence-corrected chi connectivity index (χ0v) is 18.9. The van der Waals surface area contributed by atoms with Gasteiger partial charge >= 0.3 is 0 Å². The van der Waals surface area contributed by atoms with Gasteiger partial charge in [-0.1, -0.05) is 17.4 Å². The standard InChI is InChI=1S/C24H26N4O4S/c29-21-3-1-2-18(23(21)30)27-24-26-17-6-4-14(8-22(17)33-24)10-28-13-25-19-9-15(5-7-20(19)28)32-16-11-31-12-16/h4-9,13,16,18,21,23,29-30H,1-3,10-12H2,(H,26,27)/t18-,21-,23+/m1/s1. The summed E-state index contributed by atoms with van der Waals surface area (Å²) in [6.45, 7) is 2.00. The smallest absolute Gasteiger partial charge is 0.184 e. The van der Waals surface area contributed by atoms with Crippen LogP contribution < -0.4 is 10.1 Å². The Morgan fingerprint density at radius 3 is 2.88 bits per heavy atom. The number of hydrogen-bond donors (Lipinski definition) is 3. The lowest BCUT2D eigenvalue weighted by atomic mass is 9.90. The number of aliphatic hydroxyl groups is 2. The predicted molar refractivity (Wildman–Crippen MR) is 127 cm³/mol. The number of fused-ring (bicyclic) bond motifs is 2. The van der Waals surface area contributed by atoms with Gasteiger partial charge in [-0.2, -0.15) is 0 Å². The molecule has 1 aliphatic carbocycles. The molecule has 2 aliphatic rings. The lowest BCUT2D eigenvalue weighted by molar-refractivity contribution is -0.0796. The molecule has 2 aromatic heterocycles. The van der Waals surface area contributed by atoms with Gasteiger partial charge in [-0.25, -0.2) is 9.97 Å². The Hall–Kier alpha value is -2.72. The molecule has 8 nitrogen and oxygen atoms in total. The van der Waals surface area contributed by atoms with E-state index in [0.717, 1.165) is 50.5 Å². The summed E-state index contributed by atoms with van der Waals surface area (Å²) in [7, 11) is 0. The molecule has 1 aliphatic heterocycles. The molecule has 9 heteroatoms. The number of thiazole rings is 1. The molecule has 3 N–H and O–H groups in total. The summed E-state index contributed by atoms with van der Waals surface area (Å²) in [6.07, 6.45) is 2.94. The van der Waals surface area contributed by atoms with Gasteiger partial charge < -0.3 is 29.6 Å². The van der Waals surface area contributed by atoms with Crippen molar-refractivity contribution in [3.05, 3.63) is 48.3 Å². The number of aromatic nitrogens is 3. The van der Waals surface area contributed by atoms with Gasteiger partial charge in [0.25, 0.3) is 0 Å². The van der Waals surface area contributed by atoms with Crippen LogP contribution in [0, 0.1) is 0 Å². The van der Waals surface area contributed by atoms with Crippen LogP contribution >= 0.6 is 11.3 Å². The maximum absolute atomic E-state index is 10.3. The minimum Gasteiger partial charge on any atom is -0.486 e. The lowest BCUT2D eigenvalue weighted by Gasteiger charge is -2.32. The molecule has 1 saturated heterocycles. The molecule has 2 aromatic carbocycles. The molecule has 0 radical (unpaired) electrons. The number of aliphatic hydroxyl groups excluding tert-OH is 2. The molecule has 4 aromatic rings. The Kier molecular flexibility index (Phi) is 5.41. The summed E-state index contributed by atoms with van der Waals surface area (Å²) in [4.78, 5) is 9.23. The zero-order valence-electron chi connectivity index (χ0n) is 18.1. The van der Waals surface area contributed by atoms with Crippen LogP contribution in [0.1, 0.15) is 24.8 Å². The highest BCUT2D eigenvalue weighted by molar-refractivity contribution is 7.22. The monoisotopic (exact) mass is 466 g/mol. The molecule has 1 saturated carbocycles. The van der Waals surface area contributed by atoms with E-state index < -0.39 is 12.2 Å². The molecule has 2 fully saturated rings. The number of nitrogens with zero attached hydrogens (tertiary/aromatic N) is 3. The van der Waals surface area contributed by atoms with Crippen LogP contribution in [-0.2, 0) is 11.3 Å². The fourth-order valence-corrected chi connectivity index (χ4v) is 5.51. The highest BCUT2D eigenvalue weighted by Crippen LogP contribution is 2.30. The molecule has 3 heterocycles. The quantitative estimate of drug-likeness (QED) is 0.401. The third-order valence-corrected chi connectivity index (χ3v) is 7.39. The number of benzene rings is 2. The normalized spacial score (nSPS) is 23.6. The van der Waals surface area contributed by atoms with E-state index in [1.165, 1.54) is 0 Å². The van der Waals surface area contributed by atoms with E-state index >= 15 is 0 Å². The van der Waals surface area contributed by atoms with Gasteiger partial charge in [0.15, 0.2) is 5.13 Å². The first-order valence-corrected chi connectivity index (χ1v) is 12.2. The maximum atomic E-state index is 10.3. The number of ether oxygens (including phenoxy) is 2. The third kappa shape index (κ3) is 4.17. The first-order valence-electron chi connectivity index (χ1n) is 11.3. The van der Waals surface area contributed by atoms with Crippen LogP contribution in [0.5, 0.6) is 5.75 Å². The van der Waals surface area contributed by atoms with Gasteiger partial charge in [0.1, 0.15) is 11.9 Å². The zero-order chi connectivity index (χ0) is 22.4. The Bertz CT molecular complexity index is 1280. The van der Waals surface area contributed by atoms with E-state index in [1.54, 1.807) is 11.3 Å². The van der Waals surface area contributed by atoms with Crippen molar-refractivity contribution in [3.63, 3.8) is 0 Å². The molecule has 0 amide bonds. The van der Waals surface area contributed by atoms with E-state index in [4.69, 9.17) is 9.47 Å². The molecule has 172 valence electrons. The molecule has 6 rings (SSSR count). The fourth-order valence-electron chi connectivity index (χ4n) is 4.52. The number of anilines is 1. The van der Waals surface area contributed by atoms with Gasteiger partial charge in [0.05, 0.1) is 59.0 Å². The average Bonchev–Trinajstić information content (AvgIpc) is 3.37. The highest BCUT2D eigenvalue weighted by atomic mass is 32.1. The van der Waals surface area contributed by atoms with E-state index in [1.807, 2.05) is 30.6 Å². The molecule has 3 atom stereocenters. The van der Waals surface area contributed by atoms with Gasteiger partial charge in [0.2, 0.25) is 0 Å². The summed E-state index contributed by atoms with van der Waals surface area (Å²) in [5.74, 6) is 0.822. The first-order chi connectivity index (χ1) is 16.1. The van der Waals surface area contributed by atoms with Crippen molar-refractivity contribution in [2.24, 2.45) is 0 Å². The van der Waals surface area contributed by atoms with E-state index in [-0.39, 0.29) is 12.1 Å². The van der Waals surface area contributed by atoms with Crippen molar-refractivity contribution in [2.45, 2.75) is 50.2 Å². The van der Waals surface area contributed by atoms with Gasteiger partial charge in [-0.15, -0.1) is 0 Å². The minimum atomic E-state index is -0.760. The SMILES string of the molecule is O[C@@H]1[C@H](O)CCC[C@H]1Nc1nc2ccc(Cn3cnc4cc(OC5COC5)ccc43)cc2s1. The predicted octanol–water partition coefficient (Wildman–Crippen LogP) is 3.16. The van der Waals surface area contributed by atoms with Gasteiger partial charge in [-0.05, 0) is 49.1 Å². The summed E-state index contributed by atoms with van der Waals surface area (Å²) in [5.41, 5.74) is 4.06. The third-order valence-electron chi connectivity index (χ3n) is 6.44. The number of imidazole rings is 1. The molecule has 0 bridgehead atoms. The molecular formula is C24H26N4O4S. The van der Waals surface area contributed by atoms with Crippen LogP contribution in [0.25, 0.3) is 21.3 Å². The van der Waals surface area contributed by atoms with Crippen LogP contribution in [0.2, 0.25) is 0 Å². The summed E-state index contributed by atoms with van der Waals surface area (Å²) in [6, 6.07) is 12.1. The summed E-state index contributed by atoms with van der Waals surface area (Å²) in [5, 5.41) is 24.3. The van der Waals surface area contributed by atoms with E-state index in [0.29, 0.717) is 26.2 Å². The van der Waals surface area contributed by atoms with Crippen molar-refractivity contribution in [3.8, 4) is 5.75 Å². The second-order valence-corrected chi connectivity index (χ2v) is 9.89. The minimum absolute atomic E-state index is 0.140. The largest absolute Gasteiger partial charge is 0.486 e. The lowest BCUT2D eigenvalue weighted by Crippen LogP contribution is -2.45. The van der Waals surface area contributed by atoms with E-state index in [2.05, 4.69) is 32.0 Å². The number of rotatable bonds is 6. The molecule has 33 heavy (non-hydrogen) atoms. The molecular weight excluding hydrogens is 440 g/mol. The van der Waals surface area contributed by atoms with Crippen molar-refractivity contribution in [1.82, 2.24) is 14.5 Å². The second kappa shape index (κ2) is 8.57. The fraction of sp³-hybridized carbons (Fsp3) is 0.417. The van der Waals surface area contributed by atoms with Crippen molar-refractivity contribution in [1.29, 1.82) is 0 Å². The Labute approximate surface area is 194 Å². The van der Waals surface area contributed by atoms with Gasteiger partial charge in [-0.3, -0.25) is 0 Å². The van der Waals surface area contributed by atoms with Crippen LogP contribution in [0.4, 0.5) is 5.13 Å². The average molecular weight is 467 g/mol. The molecule has 0 unspecified atom stereocenters. The Balaban J connectivity index is 1.19. The Morgan fingerprint density at radius 1 is 1.12 bits per heavy atom. The number of hydrogen-bond acceptors (Lipinski definition) is 8. The van der Waals surface area contributed by atoms with Crippen molar-refractivity contribution in [2.75, 3.05) is 18.5 Å². The van der Waals surface area contributed by atoms with Crippen LogP contribution in [0.3, 0.4) is 0 Å². The van der Waals surface area contributed by atoms with Crippen LogP contribution in [-0.4, -0.2) is 62.3 Å². The topological polar surface area (TPSA) is 102 Å². The van der Waals surface area contributed by atoms with Crippen molar-refractivity contribution >= 4 is 37.7 Å². The number of nitrogens with one attached hydrogen (secondary N) is 1.